The molecule has 0 unspecified atom stereocenters. The van der Waals surface area contributed by atoms with Crippen LogP contribution in [0.5, 0.6) is 5.75 Å². The summed E-state index contributed by atoms with van der Waals surface area (Å²) in [5.41, 5.74) is 0. The summed E-state index contributed by atoms with van der Waals surface area (Å²) in [4.78, 5) is -0.0621. The molecule has 5 nitrogen and oxygen atoms in total. The molecule has 1 rings (SSSR count). The predicted molar refractivity (Wildman–Crippen MR) is 80.0 cm³/mol. The quantitative estimate of drug-likeness (QED) is 0.481. The first-order chi connectivity index (χ1) is 9.45. The van der Waals surface area contributed by atoms with Crippen molar-refractivity contribution in [2.75, 3.05) is 33.5 Å². The van der Waals surface area contributed by atoms with Gasteiger partial charge in [-0.25, -0.2) is 8.42 Å². The molecule has 0 aliphatic heterocycles. The first-order valence-electron chi connectivity index (χ1n) is 5.89. The maximum Gasteiger partial charge on any atom is 0.265 e. The molecule has 0 aliphatic carbocycles. The molecule has 0 N–H and O–H groups in total. The smallest absolute Gasteiger partial charge is 0.265 e. The van der Waals surface area contributed by atoms with E-state index in [4.69, 9.17) is 24.9 Å². The number of ether oxygens (including phenoxy) is 3. The van der Waals surface area contributed by atoms with E-state index < -0.39 is 9.05 Å². The fraction of sp³-hybridized carbons (Fsp3) is 0.500. The largest absolute Gasteiger partial charge is 0.490 e. The van der Waals surface area contributed by atoms with Crippen molar-refractivity contribution in [2.45, 2.75) is 11.3 Å². The van der Waals surface area contributed by atoms with Crippen LogP contribution < -0.4 is 4.74 Å². The lowest BCUT2D eigenvalue weighted by Gasteiger charge is -2.10. The van der Waals surface area contributed by atoms with E-state index in [0.717, 1.165) is 6.42 Å². The topological polar surface area (TPSA) is 61.8 Å². The number of methoxy groups -OCH3 is 1. The maximum atomic E-state index is 11.4. The van der Waals surface area contributed by atoms with Gasteiger partial charge in [0.05, 0.1) is 6.61 Å². The monoisotopic (exact) mass is 386 g/mol. The van der Waals surface area contributed by atoms with Crippen LogP contribution in [0.4, 0.5) is 0 Å². The minimum atomic E-state index is -3.85. The van der Waals surface area contributed by atoms with Crippen LogP contribution in [0.15, 0.2) is 27.6 Å². The molecule has 0 fully saturated rings. The van der Waals surface area contributed by atoms with Crippen molar-refractivity contribution >= 4 is 35.7 Å². The van der Waals surface area contributed by atoms with Crippen molar-refractivity contribution < 1.29 is 22.6 Å². The van der Waals surface area contributed by atoms with Gasteiger partial charge < -0.3 is 14.2 Å². The van der Waals surface area contributed by atoms with Crippen molar-refractivity contribution in [3.8, 4) is 5.75 Å². The van der Waals surface area contributed by atoms with Crippen molar-refractivity contribution in [3.05, 3.63) is 22.7 Å². The van der Waals surface area contributed by atoms with E-state index in [-0.39, 0.29) is 17.3 Å². The molecule has 0 heterocycles. The Morgan fingerprint density at radius 3 is 2.60 bits per heavy atom. The molecule has 0 bridgehead atoms. The molecule has 0 spiro atoms. The van der Waals surface area contributed by atoms with Gasteiger partial charge in [-0.1, -0.05) is 15.9 Å². The van der Waals surface area contributed by atoms with Gasteiger partial charge in [0.2, 0.25) is 0 Å². The lowest BCUT2D eigenvalue weighted by molar-refractivity contribution is 0.0799. The van der Waals surface area contributed by atoms with Crippen molar-refractivity contribution in [1.29, 1.82) is 0 Å². The molecule has 0 radical (unpaired) electrons. The highest BCUT2D eigenvalue weighted by Gasteiger charge is 2.17. The second-order valence-corrected chi connectivity index (χ2v) is 7.29. The molecule has 1 aromatic rings. The van der Waals surface area contributed by atoms with Gasteiger partial charge in [0.25, 0.3) is 9.05 Å². The van der Waals surface area contributed by atoms with Crippen LogP contribution in [0.3, 0.4) is 0 Å². The standard InChI is InChI=1S/C12H16BrClO5S/c1-17-5-2-6-18-7-8-19-11-4-3-10(13)9-12(11)20(14,15)16/h3-4,9H,2,5-8H2,1H3. The molecule has 8 heteroatoms. The molecule has 0 aliphatic rings. The van der Waals surface area contributed by atoms with Gasteiger partial charge in [-0.2, -0.15) is 0 Å². The summed E-state index contributed by atoms with van der Waals surface area (Å²) in [5, 5.41) is 0. The SMILES string of the molecule is COCCCOCCOc1ccc(Br)cc1S(=O)(=O)Cl. The summed E-state index contributed by atoms with van der Waals surface area (Å²) in [6.45, 7) is 1.82. The maximum absolute atomic E-state index is 11.4. The predicted octanol–water partition coefficient (Wildman–Crippen LogP) is 2.81. The van der Waals surface area contributed by atoms with Gasteiger partial charge in [0.1, 0.15) is 17.3 Å². The Bertz CT molecular complexity index is 521. The Morgan fingerprint density at radius 2 is 1.95 bits per heavy atom. The van der Waals surface area contributed by atoms with Crippen LogP contribution in [0.1, 0.15) is 6.42 Å². The Morgan fingerprint density at radius 1 is 1.20 bits per heavy atom. The molecular weight excluding hydrogens is 372 g/mol. The van der Waals surface area contributed by atoms with Gasteiger partial charge in [-0.05, 0) is 24.6 Å². The number of hydrogen-bond donors (Lipinski definition) is 0. The number of rotatable bonds is 9. The Labute approximate surface area is 131 Å². The Kier molecular flexibility index (Phi) is 7.83. The third-order valence-corrected chi connectivity index (χ3v) is 4.13. The molecule has 0 saturated heterocycles. The molecule has 0 aromatic heterocycles. The van der Waals surface area contributed by atoms with Crippen molar-refractivity contribution in [1.82, 2.24) is 0 Å². The van der Waals surface area contributed by atoms with Crippen molar-refractivity contribution in [2.24, 2.45) is 0 Å². The number of hydrogen-bond acceptors (Lipinski definition) is 5. The number of benzene rings is 1. The second kappa shape index (κ2) is 8.84. The lowest BCUT2D eigenvalue weighted by atomic mass is 10.3. The molecule has 0 atom stereocenters. The fourth-order valence-corrected chi connectivity index (χ4v) is 2.92. The molecule has 0 saturated carbocycles. The van der Waals surface area contributed by atoms with E-state index in [9.17, 15) is 8.42 Å². The Balaban J connectivity index is 2.48. The van der Waals surface area contributed by atoms with E-state index in [2.05, 4.69) is 15.9 Å². The Hall–Kier alpha value is -0.340. The van der Waals surface area contributed by atoms with Gasteiger partial charge in [0.15, 0.2) is 0 Å². The van der Waals surface area contributed by atoms with E-state index in [0.29, 0.717) is 24.3 Å². The summed E-state index contributed by atoms with van der Waals surface area (Å²) < 4.78 is 39.1. The van der Waals surface area contributed by atoms with Crippen LogP contribution in [0.2, 0.25) is 0 Å². The van der Waals surface area contributed by atoms with Crippen molar-refractivity contribution in [3.63, 3.8) is 0 Å². The zero-order valence-corrected chi connectivity index (χ0v) is 14.1. The van der Waals surface area contributed by atoms with Crippen LogP contribution in [0.25, 0.3) is 0 Å². The molecular formula is C12H16BrClO5S. The third kappa shape index (κ3) is 6.41. The van der Waals surface area contributed by atoms with Crippen LogP contribution in [-0.4, -0.2) is 42.0 Å². The highest BCUT2D eigenvalue weighted by Crippen LogP contribution is 2.29. The summed E-state index contributed by atoms with van der Waals surface area (Å²) in [7, 11) is 3.14. The minimum Gasteiger partial charge on any atom is -0.490 e. The van der Waals surface area contributed by atoms with E-state index in [1.54, 1.807) is 19.2 Å². The number of halogens is 2. The minimum absolute atomic E-state index is 0.0621. The van der Waals surface area contributed by atoms with Gasteiger partial charge in [-0.15, -0.1) is 0 Å². The van der Waals surface area contributed by atoms with Gasteiger partial charge in [-0.3, -0.25) is 0 Å². The third-order valence-electron chi connectivity index (χ3n) is 2.29. The molecule has 20 heavy (non-hydrogen) atoms. The van der Waals surface area contributed by atoms with Gasteiger partial charge >= 0.3 is 0 Å². The van der Waals surface area contributed by atoms with Crippen LogP contribution in [0, 0.1) is 0 Å². The summed E-state index contributed by atoms with van der Waals surface area (Å²) in [6, 6.07) is 4.63. The molecule has 1 aromatic carbocycles. The zero-order valence-electron chi connectivity index (χ0n) is 11.0. The second-order valence-electron chi connectivity index (χ2n) is 3.84. The zero-order chi connectivity index (χ0) is 15.0. The summed E-state index contributed by atoms with van der Waals surface area (Å²) >= 11 is 3.19. The van der Waals surface area contributed by atoms with Crippen LogP contribution in [-0.2, 0) is 18.5 Å². The average Bonchev–Trinajstić information content (AvgIpc) is 2.38. The van der Waals surface area contributed by atoms with E-state index in [1.807, 2.05) is 0 Å². The molecule has 114 valence electrons. The summed E-state index contributed by atoms with van der Waals surface area (Å²) in [6.07, 6.45) is 0.802. The summed E-state index contributed by atoms with van der Waals surface area (Å²) in [5.74, 6) is 0.212. The molecule has 0 amide bonds. The lowest BCUT2D eigenvalue weighted by Crippen LogP contribution is -2.10. The van der Waals surface area contributed by atoms with Crippen LogP contribution >= 0.6 is 26.6 Å². The highest BCUT2D eigenvalue weighted by atomic mass is 79.9. The normalized spacial score (nSPS) is 11.6. The van der Waals surface area contributed by atoms with E-state index >= 15 is 0 Å². The van der Waals surface area contributed by atoms with E-state index in [1.165, 1.54) is 6.07 Å². The fourth-order valence-electron chi connectivity index (χ4n) is 1.41. The van der Waals surface area contributed by atoms with Gasteiger partial charge in [0, 0.05) is 35.5 Å². The first-order valence-corrected chi connectivity index (χ1v) is 8.99. The highest BCUT2D eigenvalue weighted by molar-refractivity contribution is 9.10. The first kappa shape index (κ1) is 17.7. The average molecular weight is 388 g/mol.